The summed E-state index contributed by atoms with van der Waals surface area (Å²) in [5.74, 6) is -0.531. The highest BCUT2D eigenvalue weighted by molar-refractivity contribution is 5.97. The van der Waals surface area contributed by atoms with E-state index >= 15 is 0 Å². The van der Waals surface area contributed by atoms with Crippen LogP contribution in [0.3, 0.4) is 0 Å². The molecule has 0 spiro atoms. The first-order chi connectivity index (χ1) is 7.20. The van der Waals surface area contributed by atoms with Gasteiger partial charge in [0.15, 0.2) is 0 Å². The first kappa shape index (κ1) is 9.58. The number of nitrogens with one attached hydrogen (secondary N) is 1. The normalized spacial score (nSPS) is 10.3. The van der Waals surface area contributed by atoms with E-state index in [2.05, 4.69) is 10.3 Å². The van der Waals surface area contributed by atoms with Gasteiger partial charge in [0, 0.05) is 24.7 Å². The number of carbonyl (C=O) groups is 1. The second kappa shape index (κ2) is 3.65. The maximum atomic E-state index is 12.8. The summed E-state index contributed by atoms with van der Waals surface area (Å²) >= 11 is 0. The number of pyridine rings is 1. The SMILES string of the molecule is CNC(=O)c1cnc2cc(F)ccc2c1. The maximum Gasteiger partial charge on any atom is 0.252 e. The zero-order valence-electron chi connectivity index (χ0n) is 8.12. The van der Waals surface area contributed by atoms with E-state index in [0.717, 1.165) is 5.39 Å². The van der Waals surface area contributed by atoms with Crippen LogP contribution in [0.5, 0.6) is 0 Å². The van der Waals surface area contributed by atoms with Gasteiger partial charge in [0.05, 0.1) is 11.1 Å². The number of halogens is 1. The van der Waals surface area contributed by atoms with Crippen molar-refractivity contribution in [2.24, 2.45) is 0 Å². The van der Waals surface area contributed by atoms with Crippen molar-refractivity contribution >= 4 is 16.8 Å². The van der Waals surface area contributed by atoms with Gasteiger partial charge in [-0.05, 0) is 18.2 Å². The summed E-state index contributed by atoms with van der Waals surface area (Å²) in [4.78, 5) is 15.3. The van der Waals surface area contributed by atoms with Crippen molar-refractivity contribution in [3.63, 3.8) is 0 Å². The van der Waals surface area contributed by atoms with E-state index in [-0.39, 0.29) is 11.7 Å². The van der Waals surface area contributed by atoms with Crippen LogP contribution in [-0.2, 0) is 0 Å². The minimum atomic E-state index is -0.331. The van der Waals surface area contributed by atoms with Crippen LogP contribution in [0.15, 0.2) is 30.5 Å². The molecule has 2 rings (SSSR count). The Bertz CT molecular complexity index is 525. The lowest BCUT2D eigenvalue weighted by Gasteiger charge is -2.01. The lowest BCUT2D eigenvalue weighted by Crippen LogP contribution is -2.17. The molecule has 0 unspecified atom stereocenters. The van der Waals surface area contributed by atoms with Gasteiger partial charge in [0.2, 0.25) is 0 Å². The Hall–Kier alpha value is -1.97. The van der Waals surface area contributed by atoms with Crippen molar-refractivity contribution < 1.29 is 9.18 Å². The molecule has 0 aliphatic rings. The molecule has 1 amide bonds. The van der Waals surface area contributed by atoms with Crippen molar-refractivity contribution in [2.45, 2.75) is 0 Å². The predicted octanol–water partition coefficient (Wildman–Crippen LogP) is 1.73. The van der Waals surface area contributed by atoms with Crippen molar-refractivity contribution in [3.8, 4) is 0 Å². The van der Waals surface area contributed by atoms with E-state index in [1.165, 1.54) is 18.3 Å². The van der Waals surface area contributed by atoms with Gasteiger partial charge >= 0.3 is 0 Å². The molecule has 15 heavy (non-hydrogen) atoms. The van der Waals surface area contributed by atoms with E-state index in [0.29, 0.717) is 11.1 Å². The molecule has 0 bridgehead atoms. The smallest absolute Gasteiger partial charge is 0.252 e. The Morgan fingerprint density at radius 1 is 1.40 bits per heavy atom. The van der Waals surface area contributed by atoms with Crippen LogP contribution in [0, 0.1) is 5.82 Å². The van der Waals surface area contributed by atoms with Crippen LogP contribution in [0.4, 0.5) is 4.39 Å². The molecule has 1 aromatic heterocycles. The Kier molecular flexibility index (Phi) is 2.33. The third kappa shape index (κ3) is 1.79. The van der Waals surface area contributed by atoms with Gasteiger partial charge in [0.1, 0.15) is 5.82 Å². The van der Waals surface area contributed by atoms with E-state index in [4.69, 9.17) is 0 Å². The van der Waals surface area contributed by atoms with Crippen molar-refractivity contribution in [1.29, 1.82) is 0 Å². The third-order valence-corrected chi connectivity index (χ3v) is 2.14. The fraction of sp³-hybridized carbons (Fsp3) is 0.0909. The van der Waals surface area contributed by atoms with E-state index in [1.807, 2.05) is 0 Å². The van der Waals surface area contributed by atoms with Gasteiger partial charge in [-0.3, -0.25) is 9.78 Å². The number of hydrogen-bond acceptors (Lipinski definition) is 2. The Morgan fingerprint density at radius 2 is 2.20 bits per heavy atom. The summed E-state index contributed by atoms with van der Waals surface area (Å²) in [5, 5.41) is 3.25. The number of hydrogen-bond donors (Lipinski definition) is 1. The number of fused-ring (bicyclic) bond motifs is 1. The van der Waals surface area contributed by atoms with Crippen molar-refractivity contribution in [1.82, 2.24) is 10.3 Å². The van der Waals surface area contributed by atoms with E-state index in [9.17, 15) is 9.18 Å². The molecule has 0 atom stereocenters. The van der Waals surface area contributed by atoms with Gasteiger partial charge in [-0.25, -0.2) is 4.39 Å². The Balaban J connectivity index is 2.57. The lowest BCUT2D eigenvalue weighted by atomic mass is 10.1. The third-order valence-electron chi connectivity index (χ3n) is 2.14. The number of rotatable bonds is 1. The quantitative estimate of drug-likeness (QED) is 0.768. The average molecular weight is 204 g/mol. The first-order valence-corrected chi connectivity index (χ1v) is 4.48. The highest BCUT2D eigenvalue weighted by Gasteiger charge is 2.05. The number of amides is 1. The molecule has 4 heteroatoms. The molecule has 1 aromatic carbocycles. The highest BCUT2D eigenvalue weighted by Crippen LogP contribution is 2.14. The zero-order chi connectivity index (χ0) is 10.8. The number of benzene rings is 1. The van der Waals surface area contributed by atoms with Crippen LogP contribution in [-0.4, -0.2) is 17.9 Å². The van der Waals surface area contributed by atoms with Crippen LogP contribution >= 0.6 is 0 Å². The maximum absolute atomic E-state index is 12.8. The fourth-order valence-electron chi connectivity index (χ4n) is 1.36. The average Bonchev–Trinajstić information content (AvgIpc) is 2.27. The number of nitrogens with zero attached hydrogens (tertiary/aromatic N) is 1. The van der Waals surface area contributed by atoms with Crippen molar-refractivity contribution in [2.75, 3.05) is 7.05 Å². The molecule has 0 saturated carbocycles. The largest absolute Gasteiger partial charge is 0.355 e. The highest BCUT2D eigenvalue weighted by atomic mass is 19.1. The van der Waals surface area contributed by atoms with Crippen LogP contribution < -0.4 is 5.32 Å². The van der Waals surface area contributed by atoms with Gasteiger partial charge in [0.25, 0.3) is 5.91 Å². The molecule has 0 aliphatic heterocycles. The molecule has 0 saturated heterocycles. The first-order valence-electron chi connectivity index (χ1n) is 4.48. The van der Waals surface area contributed by atoms with Crippen LogP contribution in [0.1, 0.15) is 10.4 Å². The molecular formula is C11H9FN2O. The monoisotopic (exact) mass is 204 g/mol. The molecule has 2 aromatic rings. The van der Waals surface area contributed by atoms with Crippen molar-refractivity contribution in [3.05, 3.63) is 41.8 Å². The fourth-order valence-corrected chi connectivity index (χ4v) is 1.36. The second-order valence-electron chi connectivity index (χ2n) is 3.14. The zero-order valence-corrected chi connectivity index (χ0v) is 8.12. The number of carbonyl (C=O) groups excluding carboxylic acids is 1. The second-order valence-corrected chi connectivity index (χ2v) is 3.14. The summed E-state index contributed by atoms with van der Waals surface area (Å²) in [6.07, 6.45) is 1.43. The minimum Gasteiger partial charge on any atom is -0.355 e. The summed E-state index contributed by atoms with van der Waals surface area (Å²) in [6, 6.07) is 5.96. The molecular weight excluding hydrogens is 195 g/mol. The van der Waals surface area contributed by atoms with E-state index < -0.39 is 0 Å². The molecule has 3 nitrogen and oxygen atoms in total. The van der Waals surface area contributed by atoms with Gasteiger partial charge < -0.3 is 5.32 Å². The lowest BCUT2D eigenvalue weighted by molar-refractivity contribution is 0.0963. The van der Waals surface area contributed by atoms with Gasteiger partial charge in [-0.1, -0.05) is 0 Å². The standard InChI is InChI=1S/C11H9FN2O/c1-13-11(15)8-4-7-2-3-9(12)5-10(7)14-6-8/h2-6H,1H3,(H,13,15). The molecule has 0 fully saturated rings. The molecule has 1 N–H and O–H groups in total. The summed E-state index contributed by atoms with van der Waals surface area (Å²) in [6.45, 7) is 0. The van der Waals surface area contributed by atoms with Gasteiger partial charge in [-0.15, -0.1) is 0 Å². The van der Waals surface area contributed by atoms with Crippen LogP contribution in [0.2, 0.25) is 0 Å². The summed E-state index contributed by atoms with van der Waals surface area (Å²) in [7, 11) is 1.55. The van der Waals surface area contributed by atoms with Crippen LogP contribution in [0.25, 0.3) is 10.9 Å². The predicted molar refractivity (Wildman–Crippen MR) is 55.1 cm³/mol. The van der Waals surface area contributed by atoms with Gasteiger partial charge in [-0.2, -0.15) is 0 Å². The summed E-state index contributed by atoms with van der Waals surface area (Å²) in [5.41, 5.74) is 1.01. The molecule has 0 aliphatic carbocycles. The molecule has 76 valence electrons. The summed E-state index contributed by atoms with van der Waals surface area (Å²) < 4.78 is 12.8. The number of aromatic nitrogens is 1. The molecule has 0 radical (unpaired) electrons. The topological polar surface area (TPSA) is 42.0 Å². The molecule has 1 heterocycles. The Morgan fingerprint density at radius 3 is 2.93 bits per heavy atom. The Labute approximate surface area is 85.9 Å². The van der Waals surface area contributed by atoms with E-state index in [1.54, 1.807) is 19.2 Å². The minimum absolute atomic E-state index is 0.200.